The van der Waals surface area contributed by atoms with E-state index in [0.717, 1.165) is 31.7 Å². The van der Waals surface area contributed by atoms with Crippen LogP contribution in [0.4, 0.5) is 5.82 Å². The van der Waals surface area contributed by atoms with E-state index in [4.69, 9.17) is 5.73 Å². The van der Waals surface area contributed by atoms with E-state index in [1.807, 2.05) is 17.0 Å². The van der Waals surface area contributed by atoms with Crippen molar-refractivity contribution in [2.24, 2.45) is 11.7 Å². The van der Waals surface area contributed by atoms with Crippen LogP contribution in [0.15, 0.2) is 18.3 Å². The molecule has 0 aromatic carbocycles. The third-order valence-corrected chi connectivity index (χ3v) is 5.21. The maximum atomic E-state index is 11.9. The van der Waals surface area contributed by atoms with Gasteiger partial charge in [-0.1, -0.05) is 6.42 Å². The van der Waals surface area contributed by atoms with Gasteiger partial charge in [-0.25, -0.2) is 4.98 Å². The zero-order valence-electron chi connectivity index (χ0n) is 13.8. The Hall–Kier alpha value is -1.62. The van der Waals surface area contributed by atoms with Crippen molar-refractivity contribution in [3.63, 3.8) is 0 Å². The van der Waals surface area contributed by atoms with E-state index in [1.54, 1.807) is 6.20 Å². The Kier molecular flexibility index (Phi) is 5.49. The summed E-state index contributed by atoms with van der Waals surface area (Å²) in [4.78, 5) is 20.9. The zero-order valence-corrected chi connectivity index (χ0v) is 13.8. The number of primary amides is 1. The molecule has 5 nitrogen and oxygen atoms in total. The van der Waals surface area contributed by atoms with Crippen molar-refractivity contribution in [2.75, 3.05) is 31.1 Å². The van der Waals surface area contributed by atoms with E-state index in [-0.39, 0.29) is 11.9 Å². The first kappa shape index (κ1) is 16.2. The number of rotatable bonds is 5. The number of aromatic nitrogens is 1. The molecule has 23 heavy (non-hydrogen) atoms. The van der Waals surface area contributed by atoms with Crippen LogP contribution in [0, 0.1) is 12.0 Å². The Bertz CT molecular complexity index is 501. The quantitative estimate of drug-likeness (QED) is 0.900. The number of piperidine rings is 2. The summed E-state index contributed by atoms with van der Waals surface area (Å²) >= 11 is 0. The Labute approximate surface area is 138 Å². The molecule has 0 saturated carbocycles. The molecule has 0 bridgehead atoms. The van der Waals surface area contributed by atoms with E-state index in [9.17, 15) is 4.79 Å². The molecule has 2 unspecified atom stereocenters. The van der Waals surface area contributed by atoms with E-state index >= 15 is 0 Å². The number of nitrogens with two attached hydrogens (primary N) is 1. The number of carbonyl (C=O) groups excluding carboxylic acids is 1. The monoisotopic (exact) mass is 315 g/mol. The van der Waals surface area contributed by atoms with Gasteiger partial charge in [-0.15, -0.1) is 0 Å². The third kappa shape index (κ3) is 4.22. The third-order valence-electron chi connectivity index (χ3n) is 5.21. The lowest BCUT2D eigenvalue weighted by molar-refractivity contribution is -0.120. The number of nitrogens with zero attached hydrogens (tertiary/aromatic N) is 3. The number of hydrogen-bond acceptors (Lipinski definition) is 4. The molecule has 2 atom stereocenters. The van der Waals surface area contributed by atoms with Crippen molar-refractivity contribution in [1.29, 1.82) is 0 Å². The summed E-state index contributed by atoms with van der Waals surface area (Å²) in [5.74, 6) is 1.08. The van der Waals surface area contributed by atoms with Crippen molar-refractivity contribution in [2.45, 2.75) is 44.6 Å². The van der Waals surface area contributed by atoms with Crippen molar-refractivity contribution >= 4 is 11.7 Å². The maximum Gasteiger partial charge on any atom is 0.240 e. The lowest BCUT2D eigenvalue weighted by Crippen LogP contribution is -2.50. The van der Waals surface area contributed by atoms with Crippen LogP contribution >= 0.6 is 0 Å². The van der Waals surface area contributed by atoms with Gasteiger partial charge in [0.15, 0.2) is 0 Å². The van der Waals surface area contributed by atoms with Crippen molar-refractivity contribution in [3.8, 4) is 0 Å². The molecule has 3 rings (SSSR count). The Balaban J connectivity index is 1.57. The van der Waals surface area contributed by atoms with Crippen LogP contribution in [-0.2, 0) is 4.79 Å². The second-order valence-electron chi connectivity index (χ2n) is 6.80. The topological polar surface area (TPSA) is 62.5 Å². The van der Waals surface area contributed by atoms with Gasteiger partial charge in [-0.2, -0.15) is 0 Å². The van der Waals surface area contributed by atoms with E-state index in [1.165, 1.54) is 38.8 Å². The van der Waals surface area contributed by atoms with Gasteiger partial charge in [0, 0.05) is 18.8 Å². The number of carbonyl (C=O) groups is 1. The lowest BCUT2D eigenvalue weighted by atomic mass is 9.87. The predicted molar refractivity (Wildman–Crippen MR) is 91.0 cm³/mol. The fraction of sp³-hybridized carbons (Fsp3) is 0.667. The van der Waals surface area contributed by atoms with Gasteiger partial charge in [0.1, 0.15) is 11.9 Å². The summed E-state index contributed by atoms with van der Waals surface area (Å²) in [5, 5.41) is 0. The highest BCUT2D eigenvalue weighted by Gasteiger charge is 2.33. The molecule has 125 valence electrons. The Morgan fingerprint density at radius 1 is 1.30 bits per heavy atom. The summed E-state index contributed by atoms with van der Waals surface area (Å²) in [6, 6.07) is 6.55. The minimum Gasteiger partial charge on any atom is -0.368 e. The van der Waals surface area contributed by atoms with Gasteiger partial charge in [0.2, 0.25) is 5.91 Å². The first-order valence-electron chi connectivity index (χ1n) is 8.85. The molecule has 0 spiro atoms. The van der Waals surface area contributed by atoms with Gasteiger partial charge in [-0.3, -0.25) is 4.79 Å². The molecule has 2 fully saturated rings. The molecule has 3 heterocycles. The molecule has 2 N–H and O–H groups in total. The summed E-state index contributed by atoms with van der Waals surface area (Å²) < 4.78 is 0. The maximum absolute atomic E-state index is 11.9. The van der Waals surface area contributed by atoms with E-state index in [0.29, 0.717) is 5.92 Å². The first-order chi connectivity index (χ1) is 11.2. The molecule has 0 aliphatic carbocycles. The summed E-state index contributed by atoms with van der Waals surface area (Å²) in [5.41, 5.74) is 5.66. The highest BCUT2D eigenvalue weighted by Crippen LogP contribution is 2.29. The highest BCUT2D eigenvalue weighted by molar-refractivity contribution is 5.83. The van der Waals surface area contributed by atoms with Gasteiger partial charge in [0.25, 0.3) is 0 Å². The predicted octanol–water partition coefficient (Wildman–Crippen LogP) is 1.83. The van der Waals surface area contributed by atoms with Gasteiger partial charge in [-0.05, 0) is 69.8 Å². The first-order valence-corrected chi connectivity index (χ1v) is 8.85. The van der Waals surface area contributed by atoms with Crippen LogP contribution in [0.25, 0.3) is 0 Å². The molecular weight excluding hydrogens is 288 g/mol. The molecule has 2 saturated heterocycles. The lowest BCUT2D eigenvalue weighted by Gasteiger charge is -2.39. The highest BCUT2D eigenvalue weighted by atomic mass is 16.1. The zero-order chi connectivity index (χ0) is 16.1. The number of hydrogen-bond donors (Lipinski definition) is 1. The van der Waals surface area contributed by atoms with Crippen LogP contribution in [0.5, 0.6) is 0 Å². The average molecular weight is 315 g/mol. The largest absolute Gasteiger partial charge is 0.368 e. The molecule has 2 aliphatic rings. The molecule has 1 aromatic rings. The van der Waals surface area contributed by atoms with Crippen LogP contribution in [0.2, 0.25) is 0 Å². The van der Waals surface area contributed by atoms with Crippen LogP contribution in [0.3, 0.4) is 0 Å². The van der Waals surface area contributed by atoms with Crippen LogP contribution < -0.4 is 10.6 Å². The van der Waals surface area contributed by atoms with Crippen LogP contribution in [-0.4, -0.2) is 48.0 Å². The van der Waals surface area contributed by atoms with Gasteiger partial charge < -0.3 is 15.5 Å². The minimum absolute atomic E-state index is 0.244. The number of anilines is 1. The fourth-order valence-electron chi connectivity index (χ4n) is 3.85. The summed E-state index contributed by atoms with van der Waals surface area (Å²) in [6.45, 7) is 4.47. The second kappa shape index (κ2) is 7.77. The minimum atomic E-state index is -0.249. The number of pyridine rings is 1. The normalized spacial score (nSPS) is 26.2. The van der Waals surface area contributed by atoms with Crippen molar-refractivity contribution in [1.82, 2.24) is 9.88 Å². The Morgan fingerprint density at radius 3 is 2.83 bits per heavy atom. The summed E-state index contributed by atoms with van der Waals surface area (Å²) in [6.07, 6.45) is 8.89. The number of amides is 1. The molecular formula is C18H27N4O. The molecule has 1 radical (unpaired) electrons. The number of likely N-dealkylation sites (tertiary alicyclic amines) is 1. The standard InChI is InChI=1S/C18H27N4O/c19-18(23)16-14-15(7-12-21-10-4-1-5-11-21)8-13-22(16)17-6-2-3-9-20-17/h2-3,9,15-16H,1,4-5,7-8,10-14H2,(H2,19,23). The SMILES string of the molecule is NC(=O)C1CC(CCN2CCCCC2)CCN1c1[c]cccn1. The van der Waals surface area contributed by atoms with E-state index in [2.05, 4.69) is 16.0 Å². The van der Waals surface area contributed by atoms with Crippen LogP contribution in [0.1, 0.15) is 38.5 Å². The molecule has 1 aromatic heterocycles. The van der Waals surface area contributed by atoms with Gasteiger partial charge >= 0.3 is 0 Å². The molecule has 2 aliphatic heterocycles. The fourth-order valence-corrected chi connectivity index (χ4v) is 3.85. The second-order valence-corrected chi connectivity index (χ2v) is 6.80. The van der Waals surface area contributed by atoms with Crippen molar-refractivity contribution in [3.05, 3.63) is 24.4 Å². The van der Waals surface area contributed by atoms with E-state index < -0.39 is 0 Å². The molecule has 5 heteroatoms. The average Bonchev–Trinajstić information content (AvgIpc) is 2.61. The van der Waals surface area contributed by atoms with Crippen molar-refractivity contribution < 1.29 is 4.79 Å². The molecule has 1 amide bonds. The Morgan fingerprint density at radius 2 is 2.13 bits per heavy atom. The summed E-state index contributed by atoms with van der Waals surface area (Å²) in [7, 11) is 0. The smallest absolute Gasteiger partial charge is 0.240 e. The van der Waals surface area contributed by atoms with Gasteiger partial charge in [0.05, 0.1) is 0 Å².